The number of rotatable bonds is 5. The summed E-state index contributed by atoms with van der Waals surface area (Å²) in [6, 6.07) is 10.6. The van der Waals surface area contributed by atoms with E-state index in [1.54, 1.807) is 0 Å². The van der Waals surface area contributed by atoms with Crippen LogP contribution in [0.3, 0.4) is 0 Å². The van der Waals surface area contributed by atoms with Crippen molar-refractivity contribution in [2.75, 3.05) is 7.05 Å². The first-order chi connectivity index (χ1) is 9.38. The Morgan fingerprint density at radius 1 is 1.11 bits per heavy atom. The van der Waals surface area contributed by atoms with Crippen LogP contribution < -0.4 is 5.32 Å². The molecule has 3 aromatic rings. The maximum atomic E-state index is 4.24. The number of fused-ring (bicyclic) bond motifs is 1. The normalized spacial score (nSPS) is 11.2. The molecule has 0 atom stereocenters. The zero-order chi connectivity index (χ0) is 13.1. The zero-order valence-corrected chi connectivity index (χ0v) is 11.1. The van der Waals surface area contributed by atoms with Gasteiger partial charge in [0.05, 0.1) is 6.54 Å². The standard InChI is InChI=1S/C15H18N4/c1-16-12-13-4-2-5-15-14(13)6-9-18(15)10-11-19-8-3-7-17-19/h2-9,16H,10-12H2,1H3. The Morgan fingerprint density at radius 3 is 2.84 bits per heavy atom. The zero-order valence-electron chi connectivity index (χ0n) is 11.1. The Balaban J connectivity index is 1.86. The minimum absolute atomic E-state index is 0.896. The van der Waals surface area contributed by atoms with Crippen LogP contribution in [0, 0.1) is 0 Å². The second kappa shape index (κ2) is 5.28. The summed E-state index contributed by atoms with van der Waals surface area (Å²) in [6.07, 6.45) is 5.98. The van der Waals surface area contributed by atoms with E-state index in [9.17, 15) is 0 Å². The van der Waals surface area contributed by atoms with E-state index < -0.39 is 0 Å². The molecule has 0 amide bonds. The van der Waals surface area contributed by atoms with Gasteiger partial charge < -0.3 is 9.88 Å². The third-order valence-electron chi connectivity index (χ3n) is 3.40. The minimum atomic E-state index is 0.896. The van der Waals surface area contributed by atoms with Crippen LogP contribution in [0.2, 0.25) is 0 Å². The molecule has 0 spiro atoms. The van der Waals surface area contributed by atoms with Crippen molar-refractivity contribution < 1.29 is 0 Å². The Bertz CT molecular complexity index is 652. The van der Waals surface area contributed by atoms with Gasteiger partial charge in [0.2, 0.25) is 0 Å². The highest BCUT2D eigenvalue weighted by Crippen LogP contribution is 2.20. The first-order valence-corrected chi connectivity index (χ1v) is 6.57. The summed E-state index contributed by atoms with van der Waals surface area (Å²) < 4.78 is 4.25. The van der Waals surface area contributed by atoms with E-state index in [2.05, 4.69) is 45.4 Å². The van der Waals surface area contributed by atoms with E-state index in [1.807, 2.05) is 30.2 Å². The second-order valence-electron chi connectivity index (χ2n) is 4.66. The molecule has 98 valence electrons. The third kappa shape index (κ3) is 2.39. The summed E-state index contributed by atoms with van der Waals surface area (Å²) in [6.45, 7) is 2.74. The van der Waals surface area contributed by atoms with E-state index >= 15 is 0 Å². The van der Waals surface area contributed by atoms with Crippen LogP contribution in [0.1, 0.15) is 5.56 Å². The fraction of sp³-hybridized carbons (Fsp3) is 0.267. The van der Waals surface area contributed by atoms with Crippen molar-refractivity contribution in [1.29, 1.82) is 0 Å². The van der Waals surface area contributed by atoms with Crippen molar-refractivity contribution in [3.05, 3.63) is 54.5 Å². The van der Waals surface area contributed by atoms with Gasteiger partial charge >= 0.3 is 0 Å². The molecule has 4 heteroatoms. The van der Waals surface area contributed by atoms with Crippen LogP contribution in [0.4, 0.5) is 0 Å². The van der Waals surface area contributed by atoms with E-state index in [-0.39, 0.29) is 0 Å². The van der Waals surface area contributed by atoms with Gasteiger partial charge in [-0.3, -0.25) is 4.68 Å². The lowest BCUT2D eigenvalue weighted by Crippen LogP contribution is -2.07. The summed E-state index contributed by atoms with van der Waals surface area (Å²) in [5.74, 6) is 0. The first-order valence-electron chi connectivity index (χ1n) is 6.57. The quantitative estimate of drug-likeness (QED) is 0.758. The summed E-state index contributed by atoms with van der Waals surface area (Å²) in [5.41, 5.74) is 2.64. The monoisotopic (exact) mass is 254 g/mol. The van der Waals surface area contributed by atoms with E-state index in [0.717, 1.165) is 19.6 Å². The predicted octanol–water partition coefficient (Wildman–Crippen LogP) is 2.26. The molecule has 2 aromatic heterocycles. The molecule has 0 unspecified atom stereocenters. The van der Waals surface area contributed by atoms with Crippen molar-refractivity contribution in [1.82, 2.24) is 19.7 Å². The average molecular weight is 254 g/mol. The molecular weight excluding hydrogens is 236 g/mol. The summed E-state index contributed by atoms with van der Waals surface area (Å²) in [4.78, 5) is 0. The predicted molar refractivity (Wildman–Crippen MR) is 76.9 cm³/mol. The molecular formula is C15H18N4. The van der Waals surface area contributed by atoms with Gasteiger partial charge in [-0.05, 0) is 30.8 Å². The van der Waals surface area contributed by atoms with Gasteiger partial charge in [0, 0.05) is 42.6 Å². The first kappa shape index (κ1) is 12.0. The Hall–Kier alpha value is -2.07. The van der Waals surface area contributed by atoms with Crippen LogP contribution in [0.25, 0.3) is 10.9 Å². The van der Waals surface area contributed by atoms with Gasteiger partial charge in [0.15, 0.2) is 0 Å². The molecule has 19 heavy (non-hydrogen) atoms. The van der Waals surface area contributed by atoms with E-state index in [4.69, 9.17) is 0 Å². The van der Waals surface area contributed by atoms with Gasteiger partial charge in [-0.2, -0.15) is 5.10 Å². The molecule has 0 aliphatic rings. The average Bonchev–Trinajstić information content (AvgIpc) is 3.06. The van der Waals surface area contributed by atoms with Gasteiger partial charge in [0.1, 0.15) is 0 Å². The van der Waals surface area contributed by atoms with Crippen LogP contribution in [0.5, 0.6) is 0 Å². The number of aromatic nitrogens is 3. The second-order valence-corrected chi connectivity index (χ2v) is 4.66. The van der Waals surface area contributed by atoms with E-state index in [1.165, 1.54) is 16.5 Å². The van der Waals surface area contributed by atoms with Crippen LogP contribution in [0.15, 0.2) is 48.9 Å². The Morgan fingerprint density at radius 2 is 2.05 bits per heavy atom. The fourth-order valence-corrected chi connectivity index (χ4v) is 2.47. The smallest absolute Gasteiger partial charge is 0.0588 e. The van der Waals surface area contributed by atoms with Gasteiger partial charge in [-0.15, -0.1) is 0 Å². The number of hydrogen-bond acceptors (Lipinski definition) is 2. The SMILES string of the molecule is CNCc1cccc2c1ccn2CCn1cccn1. The maximum Gasteiger partial charge on any atom is 0.0588 e. The molecule has 0 saturated carbocycles. The molecule has 3 rings (SSSR count). The highest BCUT2D eigenvalue weighted by molar-refractivity contribution is 5.83. The van der Waals surface area contributed by atoms with Crippen LogP contribution in [-0.4, -0.2) is 21.4 Å². The van der Waals surface area contributed by atoms with Gasteiger partial charge in [-0.1, -0.05) is 12.1 Å². The molecule has 1 N–H and O–H groups in total. The van der Waals surface area contributed by atoms with Crippen LogP contribution >= 0.6 is 0 Å². The number of aryl methyl sites for hydroxylation is 2. The molecule has 0 aliphatic heterocycles. The molecule has 0 saturated heterocycles. The van der Waals surface area contributed by atoms with E-state index in [0.29, 0.717) is 0 Å². The minimum Gasteiger partial charge on any atom is -0.346 e. The summed E-state index contributed by atoms with van der Waals surface area (Å²) in [7, 11) is 1.98. The Kier molecular flexibility index (Phi) is 3.33. The number of nitrogens with one attached hydrogen (secondary N) is 1. The number of nitrogens with zero attached hydrogens (tertiary/aromatic N) is 3. The Labute approximate surface area is 112 Å². The molecule has 0 fully saturated rings. The van der Waals surface area contributed by atoms with Crippen molar-refractivity contribution in [3.63, 3.8) is 0 Å². The fourth-order valence-electron chi connectivity index (χ4n) is 2.47. The molecule has 2 heterocycles. The van der Waals surface area contributed by atoms with Crippen molar-refractivity contribution >= 4 is 10.9 Å². The van der Waals surface area contributed by atoms with Crippen molar-refractivity contribution in [3.8, 4) is 0 Å². The van der Waals surface area contributed by atoms with Gasteiger partial charge in [-0.25, -0.2) is 0 Å². The van der Waals surface area contributed by atoms with Crippen LogP contribution in [-0.2, 0) is 19.6 Å². The highest BCUT2D eigenvalue weighted by atomic mass is 15.3. The lowest BCUT2D eigenvalue weighted by molar-refractivity contribution is 0.543. The summed E-state index contributed by atoms with van der Waals surface area (Å²) >= 11 is 0. The largest absolute Gasteiger partial charge is 0.346 e. The molecule has 4 nitrogen and oxygen atoms in total. The lowest BCUT2D eigenvalue weighted by atomic mass is 10.1. The highest BCUT2D eigenvalue weighted by Gasteiger charge is 2.04. The molecule has 0 bridgehead atoms. The third-order valence-corrected chi connectivity index (χ3v) is 3.40. The topological polar surface area (TPSA) is 34.8 Å². The molecule has 0 radical (unpaired) electrons. The summed E-state index contributed by atoms with van der Waals surface area (Å²) in [5, 5.41) is 8.78. The number of benzene rings is 1. The maximum absolute atomic E-state index is 4.24. The lowest BCUT2D eigenvalue weighted by Gasteiger charge is -2.07. The van der Waals surface area contributed by atoms with Gasteiger partial charge in [0.25, 0.3) is 0 Å². The number of hydrogen-bond donors (Lipinski definition) is 1. The van der Waals surface area contributed by atoms with Crippen molar-refractivity contribution in [2.45, 2.75) is 19.6 Å². The van der Waals surface area contributed by atoms with Crippen molar-refractivity contribution in [2.24, 2.45) is 0 Å². The molecule has 0 aliphatic carbocycles. The molecule has 1 aromatic carbocycles.